The second-order valence-electron chi connectivity index (χ2n) is 3.55. The molecule has 0 aliphatic heterocycles. The molecule has 17 heavy (non-hydrogen) atoms. The number of nitrogens with one attached hydrogen (secondary N) is 1. The van der Waals surface area contributed by atoms with E-state index in [1.807, 2.05) is 25.2 Å². The van der Waals surface area contributed by atoms with Gasteiger partial charge in [0, 0.05) is 17.6 Å². The van der Waals surface area contributed by atoms with Crippen LogP contribution in [0.25, 0.3) is 0 Å². The standard InChI is InChI=1S/C11H13BrN4O/c1-16-11(17-2)6-10(15-16)14-9-5-7(12)3-4-8(9)13/h3-6H,13H2,1-2H3,(H,14,15). The fourth-order valence-electron chi connectivity index (χ4n) is 1.48. The van der Waals surface area contributed by atoms with Crippen LogP contribution < -0.4 is 15.8 Å². The summed E-state index contributed by atoms with van der Waals surface area (Å²) in [4.78, 5) is 0. The van der Waals surface area contributed by atoms with Crippen molar-refractivity contribution in [2.75, 3.05) is 18.2 Å². The summed E-state index contributed by atoms with van der Waals surface area (Å²) in [6, 6.07) is 7.42. The Labute approximate surface area is 108 Å². The molecular weight excluding hydrogens is 284 g/mol. The fraction of sp³-hybridized carbons (Fsp3) is 0.182. The molecule has 2 aromatic rings. The van der Waals surface area contributed by atoms with Crippen molar-refractivity contribution in [1.82, 2.24) is 9.78 Å². The Balaban J connectivity index is 2.27. The number of rotatable bonds is 3. The number of aryl methyl sites for hydroxylation is 1. The lowest BCUT2D eigenvalue weighted by molar-refractivity contribution is 0.373. The summed E-state index contributed by atoms with van der Waals surface area (Å²) in [5, 5.41) is 7.40. The number of aromatic nitrogens is 2. The van der Waals surface area contributed by atoms with Crippen molar-refractivity contribution in [2.45, 2.75) is 0 Å². The Kier molecular flexibility index (Phi) is 3.23. The Morgan fingerprint density at radius 2 is 2.18 bits per heavy atom. The van der Waals surface area contributed by atoms with E-state index in [1.165, 1.54) is 0 Å². The van der Waals surface area contributed by atoms with E-state index in [0.717, 1.165) is 10.2 Å². The van der Waals surface area contributed by atoms with Crippen LogP contribution in [-0.4, -0.2) is 16.9 Å². The van der Waals surface area contributed by atoms with Crippen LogP contribution in [0.15, 0.2) is 28.7 Å². The van der Waals surface area contributed by atoms with Crippen molar-refractivity contribution >= 4 is 33.1 Å². The molecule has 0 bridgehead atoms. The molecule has 1 aromatic heterocycles. The van der Waals surface area contributed by atoms with Gasteiger partial charge in [-0.15, -0.1) is 0 Å². The molecule has 0 aliphatic rings. The van der Waals surface area contributed by atoms with Gasteiger partial charge in [0.2, 0.25) is 5.88 Å². The maximum Gasteiger partial charge on any atom is 0.213 e. The molecular formula is C11H13BrN4O. The molecule has 0 spiro atoms. The highest BCUT2D eigenvalue weighted by Gasteiger charge is 2.07. The average Bonchev–Trinajstić information content (AvgIpc) is 2.64. The van der Waals surface area contributed by atoms with Crippen LogP contribution in [0.5, 0.6) is 5.88 Å². The maximum atomic E-state index is 5.87. The molecule has 6 heteroatoms. The van der Waals surface area contributed by atoms with Gasteiger partial charge in [0.1, 0.15) is 0 Å². The first-order chi connectivity index (χ1) is 8.10. The van der Waals surface area contributed by atoms with Gasteiger partial charge >= 0.3 is 0 Å². The third kappa shape index (κ3) is 2.52. The molecule has 0 saturated carbocycles. The molecule has 3 N–H and O–H groups in total. The quantitative estimate of drug-likeness (QED) is 0.854. The van der Waals surface area contributed by atoms with Crippen molar-refractivity contribution in [3.8, 4) is 5.88 Å². The molecule has 2 rings (SSSR count). The molecule has 0 fully saturated rings. The minimum absolute atomic E-state index is 0.665. The second kappa shape index (κ2) is 4.67. The molecule has 0 saturated heterocycles. The molecule has 1 aromatic carbocycles. The summed E-state index contributed by atoms with van der Waals surface area (Å²) >= 11 is 3.40. The Morgan fingerprint density at radius 1 is 1.41 bits per heavy atom. The zero-order valence-electron chi connectivity index (χ0n) is 9.57. The minimum atomic E-state index is 0.665. The highest BCUT2D eigenvalue weighted by atomic mass is 79.9. The SMILES string of the molecule is COc1cc(Nc2cc(Br)ccc2N)nn1C. The van der Waals surface area contributed by atoms with E-state index in [0.29, 0.717) is 17.4 Å². The van der Waals surface area contributed by atoms with E-state index in [1.54, 1.807) is 17.9 Å². The fourth-order valence-corrected chi connectivity index (χ4v) is 1.84. The predicted octanol–water partition coefficient (Wildman–Crippen LogP) is 2.52. The van der Waals surface area contributed by atoms with E-state index >= 15 is 0 Å². The van der Waals surface area contributed by atoms with Gasteiger partial charge < -0.3 is 15.8 Å². The van der Waals surface area contributed by atoms with Gasteiger partial charge in [-0.05, 0) is 18.2 Å². The largest absolute Gasteiger partial charge is 0.481 e. The highest BCUT2D eigenvalue weighted by molar-refractivity contribution is 9.10. The molecule has 5 nitrogen and oxygen atoms in total. The third-order valence-electron chi connectivity index (χ3n) is 2.32. The molecule has 0 unspecified atom stereocenters. The van der Waals surface area contributed by atoms with E-state index in [9.17, 15) is 0 Å². The van der Waals surface area contributed by atoms with Crippen molar-refractivity contribution < 1.29 is 4.74 Å². The van der Waals surface area contributed by atoms with Crippen molar-refractivity contribution in [3.63, 3.8) is 0 Å². The van der Waals surface area contributed by atoms with E-state index in [-0.39, 0.29) is 0 Å². The summed E-state index contributed by atoms with van der Waals surface area (Å²) in [6.07, 6.45) is 0. The number of hydrogen-bond acceptors (Lipinski definition) is 4. The lowest BCUT2D eigenvalue weighted by Gasteiger charge is -2.06. The molecule has 1 heterocycles. The van der Waals surface area contributed by atoms with Crippen molar-refractivity contribution in [1.29, 1.82) is 0 Å². The Morgan fingerprint density at radius 3 is 2.82 bits per heavy atom. The van der Waals surface area contributed by atoms with Gasteiger partial charge in [-0.3, -0.25) is 0 Å². The highest BCUT2D eigenvalue weighted by Crippen LogP contribution is 2.27. The van der Waals surface area contributed by atoms with Gasteiger partial charge in [-0.2, -0.15) is 5.10 Å². The number of nitrogens with zero attached hydrogens (tertiary/aromatic N) is 2. The van der Waals surface area contributed by atoms with Crippen molar-refractivity contribution in [3.05, 3.63) is 28.7 Å². The van der Waals surface area contributed by atoms with Gasteiger partial charge in [0.15, 0.2) is 5.82 Å². The lowest BCUT2D eigenvalue weighted by Crippen LogP contribution is -1.98. The number of halogens is 1. The van der Waals surface area contributed by atoms with Crippen LogP contribution in [0.3, 0.4) is 0 Å². The summed E-state index contributed by atoms with van der Waals surface area (Å²) in [6.45, 7) is 0. The van der Waals surface area contributed by atoms with Gasteiger partial charge in [-0.1, -0.05) is 15.9 Å². The van der Waals surface area contributed by atoms with Crippen LogP contribution in [0, 0.1) is 0 Å². The normalized spacial score (nSPS) is 10.3. The van der Waals surface area contributed by atoms with Gasteiger partial charge in [0.25, 0.3) is 0 Å². The first kappa shape index (κ1) is 11.8. The number of anilines is 3. The first-order valence-electron chi connectivity index (χ1n) is 5.00. The topological polar surface area (TPSA) is 65.1 Å². The third-order valence-corrected chi connectivity index (χ3v) is 2.82. The Hall–Kier alpha value is -1.69. The summed E-state index contributed by atoms with van der Waals surface area (Å²) in [5.74, 6) is 1.37. The zero-order chi connectivity index (χ0) is 12.4. The summed E-state index contributed by atoms with van der Waals surface area (Å²) in [5.41, 5.74) is 7.34. The van der Waals surface area contributed by atoms with Crippen LogP contribution in [0.2, 0.25) is 0 Å². The Bertz CT molecular complexity index is 538. The number of benzene rings is 1. The average molecular weight is 297 g/mol. The molecule has 0 radical (unpaired) electrons. The van der Waals surface area contributed by atoms with Gasteiger partial charge in [0.05, 0.1) is 18.5 Å². The smallest absolute Gasteiger partial charge is 0.213 e. The lowest BCUT2D eigenvalue weighted by atomic mass is 10.3. The number of hydrogen-bond donors (Lipinski definition) is 2. The van der Waals surface area contributed by atoms with Crippen LogP contribution in [-0.2, 0) is 7.05 Å². The second-order valence-corrected chi connectivity index (χ2v) is 4.47. The number of nitrogens with two attached hydrogens (primary N) is 1. The van der Waals surface area contributed by atoms with Crippen LogP contribution >= 0.6 is 15.9 Å². The van der Waals surface area contributed by atoms with Crippen molar-refractivity contribution in [2.24, 2.45) is 7.05 Å². The van der Waals surface area contributed by atoms with E-state index in [2.05, 4.69) is 26.3 Å². The molecule has 0 amide bonds. The predicted molar refractivity (Wildman–Crippen MR) is 71.6 cm³/mol. The summed E-state index contributed by atoms with van der Waals surface area (Å²) in [7, 11) is 3.42. The zero-order valence-corrected chi connectivity index (χ0v) is 11.2. The number of ether oxygens (including phenoxy) is 1. The van der Waals surface area contributed by atoms with Crippen LogP contribution in [0.4, 0.5) is 17.2 Å². The number of nitrogen functional groups attached to an aromatic ring is 1. The van der Waals surface area contributed by atoms with Crippen LogP contribution in [0.1, 0.15) is 0 Å². The molecule has 0 atom stereocenters. The summed E-state index contributed by atoms with van der Waals surface area (Å²) < 4.78 is 7.74. The van der Waals surface area contributed by atoms with E-state index < -0.39 is 0 Å². The van der Waals surface area contributed by atoms with E-state index in [4.69, 9.17) is 10.5 Å². The molecule has 0 aliphatic carbocycles. The number of methoxy groups -OCH3 is 1. The minimum Gasteiger partial charge on any atom is -0.481 e. The first-order valence-corrected chi connectivity index (χ1v) is 5.79. The van der Waals surface area contributed by atoms with Gasteiger partial charge in [-0.25, -0.2) is 4.68 Å². The monoisotopic (exact) mass is 296 g/mol. The molecule has 90 valence electrons. The maximum absolute atomic E-state index is 5.87.